The first-order chi connectivity index (χ1) is 12.5. The van der Waals surface area contributed by atoms with Crippen molar-refractivity contribution >= 4 is 17.8 Å². The summed E-state index contributed by atoms with van der Waals surface area (Å²) in [7, 11) is 0. The maximum Gasteiger partial charge on any atom is 0.311 e. The molecule has 3 rings (SSSR count). The summed E-state index contributed by atoms with van der Waals surface area (Å²) in [6.07, 6.45) is 0.173. The van der Waals surface area contributed by atoms with Crippen LogP contribution >= 0.6 is 0 Å². The van der Waals surface area contributed by atoms with Gasteiger partial charge >= 0.3 is 5.97 Å². The Morgan fingerprint density at radius 3 is 2.38 bits per heavy atom. The zero-order valence-electron chi connectivity index (χ0n) is 14.3. The predicted molar refractivity (Wildman–Crippen MR) is 94.7 cm³/mol. The molecule has 2 amide bonds. The van der Waals surface area contributed by atoms with Crippen LogP contribution in [0.4, 0.5) is 0 Å². The van der Waals surface area contributed by atoms with Gasteiger partial charge in [0.05, 0.1) is 5.92 Å². The zero-order chi connectivity index (χ0) is 18.5. The van der Waals surface area contributed by atoms with E-state index < -0.39 is 11.8 Å². The molecule has 1 fully saturated rings. The Kier molecular flexibility index (Phi) is 5.31. The molecule has 0 saturated carbocycles. The molecule has 134 valence electrons. The van der Waals surface area contributed by atoms with E-state index in [1.165, 1.54) is 0 Å². The molecule has 1 saturated heterocycles. The second-order valence-electron chi connectivity index (χ2n) is 6.33. The van der Waals surface area contributed by atoms with E-state index in [-0.39, 0.29) is 24.9 Å². The van der Waals surface area contributed by atoms with Crippen LogP contribution in [0.5, 0.6) is 0 Å². The van der Waals surface area contributed by atoms with Crippen molar-refractivity contribution < 1.29 is 19.1 Å². The van der Waals surface area contributed by atoms with Crippen LogP contribution in [0.25, 0.3) is 0 Å². The summed E-state index contributed by atoms with van der Waals surface area (Å²) in [6, 6.07) is 16.2. The van der Waals surface area contributed by atoms with Gasteiger partial charge in [0, 0.05) is 25.1 Å². The topological polar surface area (TPSA) is 89.7 Å². The maximum atomic E-state index is 12.3. The van der Waals surface area contributed by atoms with Crippen molar-refractivity contribution in [2.75, 3.05) is 6.54 Å². The largest absolute Gasteiger partial charge is 0.461 e. The number of ether oxygens (including phenoxy) is 1. The van der Waals surface area contributed by atoms with Gasteiger partial charge in [-0.3, -0.25) is 14.4 Å². The minimum atomic E-state index is -0.503. The molecular formula is C20H20N2O4. The van der Waals surface area contributed by atoms with E-state index >= 15 is 0 Å². The molecule has 26 heavy (non-hydrogen) atoms. The van der Waals surface area contributed by atoms with Crippen molar-refractivity contribution in [3.05, 3.63) is 71.3 Å². The zero-order valence-corrected chi connectivity index (χ0v) is 14.3. The summed E-state index contributed by atoms with van der Waals surface area (Å²) in [4.78, 5) is 37.1. The third-order valence-electron chi connectivity index (χ3n) is 4.38. The van der Waals surface area contributed by atoms with E-state index in [4.69, 9.17) is 10.5 Å². The van der Waals surface area contributed by atoms with Gasteiger partial charge in [-0.15, -0.1) is 0 Å². The molecule has 1 heterocycles. The minimum absolute atomic E-state index is 0.0402. The molecule has 6 heteroatoms. The maximum absolute atomic E-state index is 12.3. The number of carbonyl (C=O) groups excluding carboxylic acids is 3. The van der Waals surface area contributed by atoms with Crippen LogP contribution in [-0.2, 0) is 27.5 Å². The van der Waals surface area contributed by atoms with E-state index in [1.54, 1.807) is 29.2 Å². The molecule has 2 aromatic carbocycles. The van der Waals surface area contributed by atoms with Gasteiger partial charge in [-0.25, -0.2) is 0 Å². The molecule has 1 unspecified atom stereocenters. The number of esters is 1. The molecule has 1 aliphatic heterocycles. The van der Waals surface area contributed by atoms with Crippen molar-refractivity contribution in [3.8, 4) is 0 Å². The monoisotopic (exact) mass is 352 g/mol. The van der Waals surface area contributed by atoms with E-state index in [2.05, 4.69) is 0 Å². The van der Waals surface area contributed by atoms with Crippen LogP contribution in [0, 0.1) is 5.92 Å². The van der Waals surface area contributed by atoms with Crippen LogP contribution in [0.1, 0.15) is 27.9 Å². The number of nitrogens with zero attached hydrogens (tertiary/aromatic N) is 1. The summed E-state index contributed by atoms with van der Waals surface area (Å²) >= 11 is 0. The van der Waals surface area contributed by atoms with Crippen molar-refractivity contribution in [3.63, 3.8) is 0 Å². The fourth-order valence-corrected chi connectivity index (χ4v) is 2.92. The fraction of sp³-hybridized carbons (Fsp3) is 0.250. The number of nitrogens with two attached hydrogens (primary N) is 1. The molecule has 0 radical (unpaired) electrons. The number of benzene rings is 2. The van der Waals surface area contributed by atoms with Crippen molar-refractivity contribution in [2.24, 2.45) is 11.7 Å². The standard InChI is InChI=1S/C20H20N2O4/c21-19(24)16-8-6-15(7-9-16)13-26-20(25)17-10-18(23)22(12-17)11-14-4-2-1-3-5-14/h1-9,17H,10-13H2,(H2,21,24). The van der Waals surface area contributed by atoms with Gasteiger partial charge in [-0.05, 0) is 23.3 Å². The predicted octanol–water partition coefficient (Wildman–Crippen LogP) is 1.88. The number of rotatable bonds is 6. The molecule has 0 bridgehead atoms. The second kappa shape index (κ2) is 7.82. The van der Waals surface area contributed by atoms with Crippen molar-refractivity contribution in [1.29, 1.82) is 0 Å². The third-order valence-corrected chi connectivity index (χ3v) is 4.38. The van der Waals surface area contributed by atoms with Crippen molar-refractivity contribution in [1.82, 2.24) is 4.90 Å². The third kappa shape index (κ3) is 4.27. The van der Waals surface area contributed by atoms with Gasteiger partial charge in [-0.2, -0.15) is 0 Å². The number of amides is 2. The summed E-state index contributed by atoms with van der Waals surface area (Å²) in [5.41, 5.74) is 7.38. The Balaban J connectivity index is 1.52. The summed E-state index contributed by atoms with van der Waals surface area (Å²) in [6.45, 7) is 0.965. The first-order valence-corrected chi connectivity index (χ1v) is 8.40. The highest BCUT2D eigenvalue weighted by Crippen LogP contribution is 2.22. The first-order valence-electron chi connectivity index (χ1n) is 8.40. The number of carbonyl (C=O) groups is 3. The highest BCUT2D eigenvalue weighted by Gasteiger charge is 2.35. The second-order valence-corrected chi connectivity index (χ2v) is 6.33. The summed E-state index contributed by atoms with van der Waals surface area (Å²) < 4.78 is 5.33. The summed E-state index contributed by atoms with van der Waals surface area (Å²) in [5, 5.41) is 0. The Morgan fingerprint density at radius 2 is 1.73 bits per heavy atom. The van der Waals surface area contributed by atoms with Gasteiger partial charge in [0.15, 0.2) is 0 Å². The van der Waals surface area contributed by atoms with Crippen LogP contribution in [0.2, 0.25) is 0 Å². The number of primary amides is 1. The fourth-order valence-electron chi connectivity index (χ4n) is 2.92. The van der Waals surface area contributed by atoms with Gasteiger partial charge in [0.2, 0.25) is 11.8 Å². The van der Waals surface area contributed by atoms with Gasteiger partial charge in [0.25, 0.3) is 0 Å². The molecule has 2 N–H and O–H groups in total. The van der Waals surface area contributed by atoms with Gasteiger partial charge in [-0.1, -0.05) is 42.5 Å². The van der Waals surface area contributed by atoms with Crippen LogP contribution < -0.4 is 5.73 Å². The smallest absolute Gasteiger partial charge is 0.311 e. The van der Waals surface area contributed by atoms with Gasteiger partial charge in [0.1, 0.15) is 6.61 Å². The Morgan fingerprint density at radius 1 is 1.04 bits per heavy atom. The normalized spacial score (nSPS) is 16.5. The highest BCUT2D eigenvalue weighted by molar-refractivity contribution is 5.92. The SMILES string of the molecule is NC(=O)c1ccc(COC(=O)C2CC(=O)N(Cc3ccccc3)C2)cc1. The lowest BCUT2D eigenvalue weighted by Crippen LogP contribution is -2.26. The summed E-state index contributed by atoms with van der Waals surface area (Å²) in [5.74, 6) is -1.37. The highest BCUT2D eigenvalue weighted by atomic mass is 16.5. The molecular weight excluding hydrogens is 332 g/mol. The number of hydrogen-bond donors (Lipinski definition) is 1. The quantitative estimate of drug-likeness (QED) is 0.804. The average Bonchev–Trinajstić information content (AvgIpc) is 3.01. The molecule has 0 aromatic heterocycles. The van der Waals surface area contributed by atoms with Crippen LogP contribution in [0.3, 0.4) is 0 Å². The van der Waals surface area contributed by atoms with Crippen LogP contribution in [-0.4, -0.2) is 29.2 Å². The Labute approximate surface area is 151 Å². The lowest BCUT2D eigenvalue weighted by molar-refractivity contribution is -0.149. The minimum Gasteiger partial charge on any atom is -0.461 e. The number of likely N-dealkylation sites (tertiary alicyclic amines) is 1. The molecule has 6 nitrogen and oxygen atoms in total. The lowest BCUT2D eigenvalue weighted by Gasteiger charge is -2.16. The average molecular weight is 352 g/mol. The molecule has 1 aliphatic rings. The number of hydrogen-bond acceptors (Lipinski definition) is 4. The van der Waals surface area contributed by atoms with Crippen molar-refractivity contribution in [2.45, 2.75) is 19.6 Å². The Bertz CT molecular complexity index is 802. The molecule has 1 atom stereocenters. The molecule has 2 aromatic rings. The van der Waals surface area contributed by atoms with E-state index in [1.807, 2.05) is 30.3 Å². The molecule has 0 spiro atoms. The van der Waals surface area contributed by atoms with Crippen LogP contribution in [0.15, 0.2) is 54.6 Å². The molecule has 0 aliphatic carbocycles. The van der Waals surface area contributed by atoms with E-state index in [0.29, 0.717) is 18.7 Å². The van der Waals surface area contributed by atoms with Gasteiger partial charge < -0.3 is 15.4 Å². The first kappa shape index (κ1) is 17.7. The van der Waals surface area contributed by atoms with E-state index in [0.717, 1.165) is 11.1 Å². The van der Waals surface area contributed by atoms with E-state index in [9.17, 15) is 14.4 Å². The lowest BCUT2D eigenvalue weighted by atomic mass is 10.1. The Hall–Kier alpha value is -3.15.